The van der Waals surface area contributed by atoms with Gasteiger partial charge in [0, 0.05) is 12.4 Å². The molecule has 1 atom stereocenters. The van der Waals surface area contributed by atoms with Crippen molar-refractivity contribution in [2.24, 2.45) is 5.92 Å². The first-order valence-corrected chi connectivity index (χ1v) is 8.70. The number of halogens is 1. The van der Waals surface area contributed by atoms with Crippen LogP contribution >= 0.6 is 11.6 Å². The molecule has 0 saturated heterocycles. The van der Waals surface area contributed by atoms with Gasteiger partial charge in [-0.1, -0.05) is 49.4 Å². The van der Waals surface area contributed by atoms with E-state index < -0.39 is 10.0 Å². The quantitative estimate of drug-likeness (QED) is 0.833. The second-order valence-corrected chi connectivity index (χ2v) is 7.16. The van der Waals surface area contributed by atoms with Crippen molar-refractivity contribution in [1.29, 1.82) is 0 Å². The van der Waals surface area contributed by atoms with E-state index in [9.17, 15) is 8.42 Å². The van der Waals surface area contributed by atoms with E-state index in [1.807, 2.05) is 49.4 Å². The van der Waals surface area contributed by atoms with Gasteiger partial charge in [0.05, 0.1) is 5.75 Å². The number of nitrogens with one attached hydrogen (secondary N) is 1. The van der Waals surface area contributed by atoms with Gasteiger partial charge in [-0.3, -0.25) is 0 Å². The molecular weight excluding hydrogens is 294 g/mol. The number of sulfonamides is 1. The van der Waals surface area contributed by atoms with Gasteiger partial charge in [-0.25, -0.2) is 13.1 Å². The van der Waals surface area contributed by atoms with Crippen LogP contribution in [0.25, 0.3) is 10.8 Å². The van der Waals surface area contributed by atoms with E-state index in [4.69, 9.17) is 11.6 Å². The fourth-order valence-corrected chi connectivity index (χ4v) is 3.71. The molecule has 20 heavy (non-hydrogen) atoms. The van der Waals surface area contributed by atoms with E-state index in [-0.39, 0.29) is 11.7 Å². The first-order chi connectivity index (χ1) is 9.52. The third-order valence-corrected chi connectivity index (χ3v) is 5.25. The van der Waals surface area contributed by atoms with Gasteiger partial charge in [-0.2, -0.15) is 0 Å². The molecule has 0 bridgehead atoms. The van der Waals surface area contributed by atoms with E-state index >= 15 is 0 Å². The normalized spacial score (nSPS) is 13.5. The Morgan fingerprint density at radius 3 is 2.60 bits per heavy atom. The molecule has 0 radical (unpaired) electrons. The average Bonchev–Trinajstić information content (AvgIpc) is 2.44. The Morgan fingerprint density at radius 2 is 1.85 bits per heavy atom. The maximum Gasteiger partial charge on any atom is 0.212 e. The highest BCUT2D eigenvalue weighted by atomic mass is 35.5. The average molecular weight is 312 g/mol. The van der Waals surface area contributed by atoms with Gasteiger partial charge >= 0.3 is 0 Å². The van der Waals surface area contributed by atoms with Crippen LogP contribution in [0.4, 0.5) is 0 Å². The minimum atomic E-state index is -3.29. The molecule has 2 aromatic rings. The van der Waals surface area contributed by atoms with Crippen LogP contribution in [0.5, 0.6) is 0 Å². The van der Waals surface area contributed by atoms with Gasteiger partial charge in [0.25, 0.3) is 0 Å². The molecule has 1 unspecified atom stereocenters. The van der Waals surface area contributed by atoms with Crippen LogP contribution in [0.15, 0.2) is 42.5 Å². The molecule has 108 valence electrons. The molecule has 2 aromatic carbocycles. The first kappa shape index (κ1) is 15.3. The van der Waals surface area contributed by atoms with Gasteiger partial charge in [-0.15, -0.1) is 11.6 Å². The van der Waals surface area contributed by atoms with Gasteiger partial charge in [-0.05, 0) is 22.3 Å². The summed E-state index contributed by atoms with van der Waals surface area (Å²) in [4.78, 5) is 0. The molecule has 0 aliphatic carbocycles. The minimum absolute atomic E-state index is 0.0540. The van der Waals surface area contributed by atoms with Crippen molar-refractivity contribution in [2.45, 2.75) is 13.5 Å². The van der Waals surface area contributed by atoms with Crippen LogP contribution in [0, 0.1) is 5.92 Å². The number of fused-ring (bicyclic) bond motifs is 1. The highest BCUT2D eigenvalue weighted by Crippen LogP contribution is 2.18. The summed E-state index contributed by atoms with van der Waals surface area (Å²) in [6.07, 6.45) is 0. The standard InChI is InChI=1S/C15H18ClNO2S/c1-12(9-16)11-20(18,19)17-10-14-7-4-6-13-5-2-3-8-15(13)14/h2-8,12,17H,9-11H2,1H3. The first-order valence-electron chi connectivity index (χ1n) is 6.52. The Bertz CT molecular complexity index is 680. The van der Waals surface area contributed by atoms with Crippen molar-refractivity contribution in [3.8, 4) is 0 Å². The summed E-state index contributed by atoms with van der Waals surface area (Å²) in [5.41, 5.74) is 0.977. The van der Waals surface area contributed by atoms with E-state index in [0.717, 1.165) is 16.3 Å². The van der Waals surface area contributed by atoms with Crippen molar-refractivity contribution >= 4 is 32.4 Å². The summed E-state index contributed by atoms with van der Waals surface area (Å²) >= 11 is 5.66. The lowest BCUT2D eigenvalue weighted by Gasteiger charge is -2.11. The Labute approximate surface area is 125 Å². The van der Waals surface area contributed by atoms with Crippen molar-refractivity contribution in [1.82, 2.24) is 4.72 Å². The van der Waals surface area contributed by atoms with E-state index in [0.29, 0.717) is 12.4 Å². The molecule has 0 spiro atoms. The summed E-state index contributed by atoms with van der Waals surface area (Å²) in [7, 11) is -3.29. The topological polar surface area (TPSA) is 46.2 Å². The number of benzene rings is 2. The van der Waals surface area contributed by atoms with Gasteiger partial charge in [0.15, 0.2) is 0 Å². The molecule has 0 aliphatic rings. The number of rotatable bonds is 6. The lowest BCUT2D eigenvalue weighted by Crippen LogP contribution is -2.29. The van der Waals surface area contributed by atoms with E-state index in [1.165, 1.54) is 0 Å². The predicted molar refractivity (Wildman–Crippen MR) is 84.5 cm³/mol. The fourth-order valence-electron chi connectivity index (χ4n) is 2.11. The molecular formula is C15H18ClNO2S. The smallest absolute Gasteiger partial charge is 0.212 e. The Kier molecular flexibility index (Phi) is 5.02. The summed E-state index contributed by atoms with van der Waals surface area (Å²) in [5, 5.41) is 2.18. The molecule has 0 saturated carbocycles. The van der Waals surface area contributed by atoms with Crippen molar-refractivity contribution in [2.75, 3.05) is 11.6 Å². The highest BCUT2D eigenvalue weighted by molar-refractivity contribution is 7.89. The lowest BCUT2D eigenvalue weighted by molar-refractivity contribution is 0.569. The molecule has 0 aromatic heterocycles. The van der Waals surface area contributed by atoms with E-state index in [1.54, 1.807) is 0 Å². The summed E-state index contributed by atoms with van der Waals surface area (Å²) < 4.78 is 26.5. The Balaban J connectivity index is 2.13. The second-order valence-electron chi connectivity index (χ2n) is 5.00. The summed E-state index contributed by atoms with van der Waals surface area (Å²) in [6, 6.07) is 13.8. The maximum absolute atomic E-state index is 11.9. The van der Waals surface area contributed by atoms with Crippen molar-refractivity contribution in [3.05, 3.63) is 48.0 Å². The fraction of sp³-hybridized carbons (Fsp3) is 0.333. The number of alkyl halides is 1. The highest BCUT2D eigenvalue weighted by Gasteiger charge is 2.15. The third kappa shape index (κ3) is 3.95. The van der Waals surface area contributed by atoms with Crippen LogP contribution in [-0.2, 0) is 16.6 Å². The largest absolute Gasteiger partial charge is 0.212 e. The molecule has 3 nitrogen and oxygen atoms in total. The zero-order valence-corrected chi connectivity index (χ0v) is 12.9. The van der Waals surface area contributed by atoms with E-state index in [2.05, 4.69) is 4.72 Å². The molecule has 1 N–H and O–H groups in total. The molecule has 0 amide bonds. The lowest BCUT2D eigenvalue weighted by atomic mass is 10.1. The molecule has 2 rings (SSSR count). The minimum Gasteiger partial charge on any atom is -0.212 e. The monoisotopic (exact) mass is 311 g/mol. The predicted octanol–water partition coefficient (Wildman–Crippen LogP) is 3.13. The van der Waals surface area contributed by atoms with Crippen LogP contribution in [-0.4, -0.2) is 20.1 Å². The molecule has 5 heteroatoms. The van der Waals surface area contributed by atoms with Crippen LogP contribution in [0.2, 0.25) is 0 Å². The van der Waals surface area contributed by atoms with Gasteiger partial charge < -0.3 is 0 Å². The van der Waals surface area contributed by atoms with Crippen LogP contribution in [0.1, 0.15) is 12.5 Å². The van der Waals surface area contributed by atoms with Crippen LogP contribution in [0.3, 0.4) is 0 Å². The summed E-state index contributed by atoms with van der Waals surface area (Å²) in [6.45, 7) is 2.13. The zero-order valence-electron chi connectivity index (χ0n) is 11.3. The molecule has 0 aliphatic heterocycles. The second kappa shape index (κ2) is 6.57. The van der Waals surface area contributed by atoms with Crippen LogP contribution < -0.4 is 4.72 Å². The van der Waals surface area contributed by atoms with Crippen molar-refractivity contribution in [3.63, 3.8) is 0 Å². The Hall–Kier alpha value is -1.10. The van der Waals surface area contributed by atoms with Gasteiger partial charge in [0.2, 0.25) is 10.0 Å². The summed E-state index contributed by atoms with van der Waals surface area (Å²) in [5.74, 6) is 0.345. The van der Waals surface area contributed by atoms with Gasteiger partial charge in [0.1, 0.15) is 0 Å². The third-order valence-electron chi connectivity index (χ3n) is 3.13. The zero-order chi connectivity index (χ0) is 14.6. The SMILES string of the molecule is CC(CCl)CS(=O)(=O)NCc1cccc2ccccc12. The molecule has 0 heterocycles. The number of hydrogen-bond acceptors (Lipinski definition) is 2. The van der Waals surface area contributed by atoms with Crippen molar-refractivity contribution < 1.29 is 8.42 Å². The maximum atomic E-state index is 11.9. The molecule has 0 fully saturated rings. The number of hydrogen-bond donors (Lipinski definition) is 1. The Morgan fingerprint density at radius 1 is 1.15 bits per heavy atom.